The molecule has 0 saturated heterocycles. The van der Waals surface area contributed by atoms with Crippen LogP contribution in [0.25, 0.3) is 0 Å². The van der Waals surface area contributed by atoms with Crippen molar-refractivity contribution in [3.05, 3.63) is 0 Å². The topological polar surface area (TPSA) is 29.5 Å². The van der Waals surface area contributed by atoms with Crippen LogP contribution in [0.1, 0.15) is 33.6 Å². The number of ether oxygens (including phenoxy) is 1. The number of hydrogen-bond acceptors (Lipinski definition) is 2. The Morgan fingerprint density at radius 1 is 1.50 bits per heavy atom. The highest BCUT2D eigenvalue weighted by atomic mass is 16.6. The van der Waals surface area contributed by atoms with Crippen LogP contribution in [0, 0.1) is 0 Å². The molecule has 0 unspecified atom stereocenters. The molecule has 1 amide bonds. The van der Waals surface area contributed by atoms with E-state index in [1.807, 2.05) is 13.8 Å². The van der Waals surface area contributed by atoms with Gasteiger partial charge >= 0.3 is 6.09 Å². The summed E-state index contributed by atoms with van der Waals surface area (Å²) in [7, 11) is 1.76. The molecule has 0 aliphatic carbocycles. The van der Waals surface area contributed by atoms with Gasteiger partial charge in [-0.3, -0.25) is 0 Å². The zero-order valence-electron chi connectivity index (χ0n) is 8.46. The molecule has 0 bridgehead atoms. The number of carbonyl (C=O) groups is 1. The minimum absolute atomic E-state index is 0.0263. The first-order valence-electron chi connectivity index (χ1n) is 4.49. The smallest absolute Gasteiger partial charge is 0.409 e. The van der Waals surface area contributed by atoms with Crippen molar-refractivity contribution in [2.75, 3.05) is 13.6 Å². The van der Waals surface area contributed by atoms with Gasteiger partial charge in [0.05, 0.1) is 6.10 Å². The van der Waals surface area contributed by atoms with Gasteiger partial charge in [-0.15, -0.1) is 0 Å². The Hall–Kier alpha value is -0.730. The van der Waals surface area contributed by atoms with Gasteiger partial charge in [0.1, 0.15) is 0 Å². The van der Waals surface area contributed by atoms with Crippen LogP contribution < -0.4 is 0 Å². The molecule has 0 atom stereocenters. The highest BCUT2D eigenvalue weighted by Gasteiger charge is 2.09. The molecule has 0 radical (unpaired) electrons. The van der Waals surface area contributed by atoms with Gasteiger partial charge in [-0.1, -0.05) is 13.3 Å². The largest absolute Gasteiger partial charge is 0.447 e. The summed E-state index contributed by atoms with van der Waals surface area (Å²) in [6.07, 6.45) is 1.88. The molecule has 3 heteroatoms. The monoisotopic (exact) mass is 173 g/mol. The Morgan fingerprint density at radius 3 is 2.50 bits per heavy atom. The lowest BCUT2D eigenvalue weighted by molar-refractivity contribution is 0.0837. The molecule has 12 heavy (non-hydrogen) atoms. The number of nitrogens with zero attached hydrogens (tertiary/aromatic N) is 1. The van der Waals surface area contributed by atoms with Gasteiger partial charge in [-0.2, -0.15) is 0 Å². The van der Waals surface area contributed by atoms with Crippen molar-refractivity contribution in [1.82, 2.24) is 4.90 Å². The summed E-state index contributed by atoms with van der Waals surface area (Å²) in [5.74, 6) is 0. The summed E-state index contributed by atoms with van der Waals surface area (Å²) in [5.41, 5.74) is 0. The van der Waals surface area contributed by atoms with Gasteiger partial charge in [-0.25, -0.2) is 4.79 Å². The molecule has 0 aromatic heterocycles. The molecule has 0 aliphatic heterocycles. The zero-order valence-corrected chi connectivity index (χ0v) is 8.46. The fraction of sp³-hybridized carbons (Fsp3) is 0.889. The molecule has 3 nitrogen and oxygen atoms in total. The molecule has 0 heterocycles. The first-order chi connectivity index (χ1) is 5.57. The van der Waals surface area contributed by atoms with E-state index in [0.717, 1.165) is 19.4 Å². The normalized spacial score (nSPS) is 10.1. The van der Waals surface area contributed by atoms with Crippen LogP contribution in [-0.4, -0.2) is 30.7 Å². The molecule has 0 rings (SSSR count). The molecule has 0 spiro atoms. The first-order valence-corrected chi connectivity index (χ1v) is 4.49. The summed E-state index contributed by atoms with van der Waals surface area (Å²) in [6, 6.07) is 0. The molecule has 0 saturated carbocycles. The van der Waals surface area contributed by atoms with Gasteiger partial charge < -0.3 is 9.64 Å². The lowest BCUT2D eigenvalue weighted by Gasteiger charge is -2.17. The third kappa shape index (κ3) is 4.99. The minimum atomic E-state index is -0.224. The van der Waals surface area contributed by atoms with Gasteiger partial charge in [0.2, 0.25) is 0 Å². The Balaban J connectivity index is 3.61. The van der Waals surface area contributed by atoms with E-state index in [2.05, 4.69) is 6.92 Å². The van der Waals surface area contributed by atoms with E-state index in [1.54, 1.807) is 11.9 Å². The SMILES string of the molecule is CCCCN(C)C(=O)OC(C)C. The van der Waals surface area contributed by atoms with Crippen molar-refractivity contribution < 1.29 is 9.53 Å². The van der Waals surface area contributed by atoms with E-state index in [4.69, 9.17) is 4.74 Å². The van der Waals surface area contributed by atoms with E-state index in [0.29, 0.717) is 0 Å². The van der Waals surface area contributed by atoms with Crippen LogP contribution in [0.5, 0.6) is 0 Å². The summed E-state index contributed by atoms with van der Waals surface area (Å²) in [5, 5.41) is 0. The van der Waals surface area contributed by atoms with Crippen molar-refractivity contribution in [3.8, 4) is 0 Å². The van der Waals surface area contributed by atoms with E-state index in [1.165, 1.54) is 0 Å². The first kappa shape index (κ1) is 11.3. The van der Waals surface area contributed by atoms with Crippen molar-refractivity contribution in [1.29, 1.82) is 0 Å². The zero-order chi connectivity index (χ0) is 9.56. The van der Waals surface area contributed by atoms with Crippen molar-refractivity contribution in [2.24, 2.45) is 0 Å². The predicted molar refractivity (Wildman–Crippen MR) is 49.2 cm³/mol. The Labute approximate surface area is 74.7 Å². The van der Waals surface area contributed by atoms with Crippen LogP contribution in [0.15, 0.2) is 0 Å². The fourth-order valence-electron chi connectivity index (χ4n) is 0.778. The van der Waals surface area contributed by atoms with Crippen LogP contribution in [0.4, 0.5) is 4.79 Å². The van der Waals surface area contributed by atoms with E-state index in [9.17, 15) is 4.79 Å². The van der Waals surface area contributed by atoms with E-state index in [-0.39, 0.29) is 12.2 Å². The summed E-state index contributed by atoms with van der Waals surface area (Å²) < 4.78 is 5.00. The third-order valence-electron chi connectivity index (χ3n) is 1.50. The second kappa shape index (κ2) is 5.86. The number of carbonyl (C=O) groups excluding carboxylic acids is 1. The number of amides is 1. The van der Waals surface area contributed by atoms with Gasteiger partial charge in [0, 0.05) is 13.6 Å². The van der Waals surface area contributed by atoms with Crippen LogP contribution in [-0.2, 0) is 4.74 Å². The quantitative estimate of drug-likeness (QED) is 0.652. The molecule has 0 N–H and O–H groups in total. The molecular formula is C9H19NO2. The third-order valence-corrected chi connectivity index (χ3v) is 1.50. The van der Waals surface area contributed by atoms with Gasteiger partial charge in [0.15, 0.2) is 0 Å². The molecular weight excluding hydrogens is 154 g/mol. The summed E-state index contributed by atoms with van der Waals surface area (Å²) in [6.45, 7) is 6.58. The number of hydrogen-bond donors (Lipinski definition) is 0. The summed E-state index contributed by atoms with van der Waals surface area (Å²) >= 11 is 0. The number of unbranched alkanes of at least 4 members (excludes halogenated alkanes) is 1. The highest BCUT2D eigenvalue weighted by molar-refractivity contribution is 5.67. The maximum atomic E-state index is 11.2. The fourth-order valence-corrected chi connectivity index (χ4v) is 0.778. The average Bonchev–Trinajstić information content (AvgIpc) is 1.98. The predicted octanol–water partition coefficient (Wildman–Crippen LogP) is 2.26. The average molecular weight is 173 g/mol. The minimum Gasteiger partial charge on any atom is -0.447 e. The van der Waals surface area contributed by atoms with Crippen LogP contribution >= 0.6 is 0 Å². The Bertz CT molecular complexity index is 134. The molecule has 72 valence electrons. The summed E-state index contributed by atoms with van der Waals surface area (Å²) in [4.78, 5) is 12.8. The second-order valence-electron chi connectivity index (χ2n) is 3.21. The lowest BCUT2D eigenvalue weighted by atomic mass is 10.3. The second-order valence-corrected chi connectivity index (χ2v) is 3.21. The highest BCUT2D eigenvalue weighted by Crippen LogP contribution is 1.97. The van der Waals surface area contributed by atoms with Crippen LogP contribution in [0.3, 0.4) is 0 Å². The van der Waals surface area contributed by atoms with Gasteiger partial charge in [0.25, 0.3) is 0 Å². The molecule has 0 fully saturated rings. The standard InChI is InChI=1S/C9H19NO2/c1-5-6-7-10(4)9(11)12-8(2)3/h8H,5-7H2,1-4H3. The maximum Gasteiger partial charge on any atom is 0.409 e. The lowest BCUT2D eigenvalue weighted by Crippen LogP contribution is -2.30. The van der Waals surface area contributed by atoms with Crippen LogP contribution in [0.2, 0.25) is 0 Å². The Kier molecular flexibility index (Phi) is 5.51. The van der Waals surface area contributed by atoms with Gasteiger partial charge in [-0.05, 0) is 20.3 Å². The maximum absolute atomic E-state index is 11.2. The molecule has 0 aromatic rings. The molecule has 0 aromatic carbocycles. The number of rotatable bonds is 4. The van der Waals surface area contributed by atoms with E-state index >= 15 is 0 Å². The molecule has 0 aliphatic rings. The Morgan fingerprint density at radius 2 is 2.08 bits per heavy atom. The van der Waals surface area contributed by atoms with Crippen molar-refractivity contribution in [2.45, 2.75) is 39.7 Å². The van der Waals surface area contributed by atoms with Crippen molar-refractivity contribution >= 4 is 6.09 Å². The van der Waals surface area contributed by atoms with Crippen molar-refractivity contribution in [3.63, 3.8) is 0 Å². The van der Waals surface area contributed by atoms with E-state index < -0.39 is 0 Å².